The van der Waals surface area contributed by atoms with Gasteiger partial charge in [-0.15, -0.1) is 0 Å². The highest BCUT2D eigenvalue weighted by Gasteiger charge is 2.22. The second kappa shape index (κ2) is 9.92. The Morgan fingerprint density at radius 1 is 0.935 bits per heavy atom. The van der Waals surface area contributed by atoms with E-state index in [0.717, 1.165) is 48.7 Å². The molecule has 2 amide bonds. The van der Waals surface area contributed by atoms with Gasteiger partial charge in [-0.25, -0.2) is 0 Å². The molecule has 0 aromatic heterocycles. The standard InChI is InChI=1S/C24H30N4O2S/c1-16(2)23(30)28-13-11-27(12-14-28)21-9-7-20(8-10-21)25-24(31)26-22(29)19-6-5-17(3)18(4)15-19/h5-10,15-16H,11-14H2,1-4H3,(H2,25,26,29,31). The van der Waals surface area contributed by atoms with Gasteiger partial charge < -0.3 is 15.1 Å². The molecule has 6 nitrogen and oxygen atoms in total. The van der Waals surface area contributed by atoms with E-state index >= 15 is 0 Å². The van der Waals surface area contributed by atoms with Crippen LogP contribution in [0.1, 0.15) is 35.3 Å². The summed E-state index contributed by atoms with van der Waals surface area (Å²) >= 11 is 5.30. The first-order chi connectivity index (χ1) is 14.7. The molecule has 164 valence electrons. The summed E-state index contributed by atoms with van der Waals surface area (Å²) in [4.78, 5) is 28.8. The van der Waals surface area contributed by atoms with E-state index < -0.39 is 0 Å². The lowest BCUT2D eigenvalue weighted by atomic mass is 10.1. The van der Waals surface area contributed by atoms with Crippen molar-refractivity contribution in [3.63, 3.8) is 0 Å². The summed E-state index contributed by atoms with van der Waals surface area (Å²) in [5.41, 5.74) is 4.70. The average Bonchev–Trinajstić information content (AvgIpc) is 2.75. The molecule has 1 aliphatic rings. The van der Waals surface area contributed by atoms with Gasteiger partial charge in [0.1, 0.15) is 0 Å². The van der Waals surface area contributed by atoms with Gasteiger partial charge in [0.25, 0.3) is 5.91 Å². The summed E-state index contributed by atoms with van der Waals surface area (Å²) in [6.45, 7) is 11.0. The highest BCUT2D eigenvalue weighted by Crippen LogP contribution is 2.20. The summed E-state index contributed by atoms with van der Waals surface area (Å²) in [6.07, 6.45) is 0. The Morgan fingerprint density at radius 2 is 1.58 bits per heavy atom. The largest absolute Gasteiger partial charge is 0.368 e. The molecule has 0 bridgehead atoms. The van der Waals surface area contributed by atoms with Crippen LogP contribution in [-0.4, -0.2) is 48.0 Å². The number of thiocarbonyl (C=S) groups is 1. The number of benzene rings is 2. The minimum Gasteiger partial charge on any atom is -0.368 e. The van der Waals surface area contributed by atoms with Gasteiger partial charge >= 0.3 is 0 Å². The second-order valence-electron chi connectivity index (χ2n) is 8.22. The molecule has 2 aromatic carbocycles. The Morgan fingerprint density at radius 3 is 2.16 bits per heavy atom. The molecule has 0 saturated carbocycles. The molecule has 1 fully saturated rings. The van der Waals surface area contributed by atoms with Crippen LogP contribution in [0.5, 0.6) is 0 Å². The van der Waals surface area contributed by atoms with Crippen molar-refractivity contribution in [1.29, 1.82) is 0 Å². The van der Waals surface area contributed by atoms with Crippen molar-refractivity contribution >= 4 is 40.5 Å². The molecule has 0 unspecified atom stereocenters. The van der Waals surface area contributed by atoms with Crippen LogP contribution in [0.25, 0.3) is 0 Å². The predicted octanol–water partition coefficient (Wildman–Crippen LogP) is 3.73. The Labute approximate surface area is 189 Å². The number of rotatable bonds is 4. The highest BCUT2D eigenvalue weighted by molar-refractivity contribution is 7.80. The van der Waals surface area contributed by atoms with E-state index in [9.17, 15) is 9.59 Å². The molecule has 0 atom stereocenters. The molecule has 2 aromatic rings. The molecule has 1 aliphatic heterocycles. The summed E-state index contributed by atoms with van der Waals surface area (Å²) in [5.74, 6) is 0.0258. The Hall–Kier alpha value is -2.93. The number of amides is 2. The monoisotopic (exact) mass is 438 g/mol. The second-order valence-corrected chi connectivity index (χ2v) is 8.63. The van der Waals surface area contributed by atoms with Crippen molar-refractivity contribution in [3.05, 3.63) is 59.2 Å². The van der Waals surface area contributed by atoms with Crippen molar-refractivity contribution in [2.45, 2.75) is 27.7 Å². The van der Waals surface area contributed by atoms with E-state index in [4.69, 9.17) is 12.2 Å². The van der Waals surface area contributed by atoms with E-state index in [1.165, 1.54) is 0 Å². The summed E-state index contributed by atoms with van der Waals surface area (Å²) < 4.78 is 0. The maximum Gasteiger partial charge on any atom is 0.257 e. The van der Waals surface area contributed by atoms with E-state index in [1.807, 2.05) is 69.0 Å². The zero-order valence-corrected chi connectivity index (χ0v) is 19.4. The highest BCUT2D eigenvalue weighted by atomic mass is 32.1. The van der Waals surface area contributed by atoms with E-state index in [2.05, 4.69) is 15.5 Å². The van der Waals surface area contributed by atoms with Crippen LogP contribution in [0.2, 0.25) is 0 Å². The van der Waals surface area contributed by atoms with Crippen LogP contribution in [0, 0.1) is 19.8 Å². The number of anilines is 2. The number of piperazine rings is 1. The first-order valence-electron chi connectivity index (χ1n) is 10.6. The van der Waals surface area contributed by atoms with Gasteiger partial charge in [-0.05, 0) is 73.6 Å². The zero-order chi connectivity index (χ0) is 22.5. The van der Waals surface area contributed by atoms with Gasteiger partial charge in [-0.2, -0.15) is 0 Å². The van der Waals surface area contributed by atoms with Gasteiger partial charge in [0.05, 0.1) is 0 Å². The van der Waals surface area contributed by atoms with Crippen LogP contribution >= 0.6 is 12.2 Å². The Balaban J connectivity index is 1.52. The summed E-state index contributed by atoms with van der Waals surface area (Å²) in [6, 6.07) is 13.5. The van der Waals surface area contributed by atoms with Gasteiger partial charge in [0.15, 0.2) is 5.11 Å². The van der Waals surface area contributed by atoms with Crippen molar-refractivity contribution in [3.8, 4) is 0 Å². The molecule has 2 N–H and O–H groups in total. The van der Waals surface area contributed by atoms with Crippen molar-refractivity contribution < 1.29 is 9.59 Å². The fourth-order valence-corrected chi connectivity index (χ4v) is 3.74. The summed E-state index contributed by atoms with van der Waals surface area (Å²) in [5, 5.41) is 6.05. The minimum atomic E-state index is -0.231. The van der Waals surface area contributed by atoms with E-state index in [-0.39, 0.29) is 22.8 Å². The van der Waals surface area contributed by atoms with E-state index in [0.29, 0.717) is 5.56 Å². The minimum absolute atomic E-state index is 0.0382. The van der Waals surface area contributed by atoms with Gasteiger partial charge in [0, 0.05) is 49.0 Å². The normalized spacial score (nSPS) is 13.8. The molecule has 0 aliphatic carbocycles. The maximum atomic E-state index is 12.4. The average molecular weight is 439 g/mol. The fourth-order valence-electron chi connectivity index (χ4n) is 3.53. The molecule has 31 heavy (non-hydrogen) atoms. The van der Waals surface area contributed by atoms with Crippen LogP contribution in [0.15, 0.2) is 42.5 Å². The molecule has 1 saturated heterocycles. The molecule has 3 rings (SSSR count). The first kappa shape index (κ1) is 22.7. The third-order valence-corrected chi connectivity index (χ3v) is 5.78. The third kappa shape index (κ3) is 5.82. The molecular formula is C24H30N4O2S. The lowest BCUT2D eigenvalue weighted by Gasteiger charge is -2.37. The maximum absolute atomic E-state index is 12.4. The zero-order valence-electron chi connectivity index (χ0n) is 18.6. The fraction of sp³-hybridized carbons (Fsp3) is 0.375. The van der Waals surface area contributed by atoms with Gasteiger partial charge in [-0.3, -0.25) is 14.9 Å². The van der Waals surface area contributed by atoms with E-state index in [1.54, 1.807) is 6.07 Å². The number of hydrogen-bond acceptors (Lipinski definition) is 4. The Kier molecular flexibility index (Phi) is 7.28. The van der Waals surface area contributed by atoms with Gasteiger partial charge in [0.2, 0.25) is 5.91 Å². The molecular weight excluding hydrogens is 408 g/mol. The third-order valence-electron chi connectivity index (χ3n) is 5.57. The number of aryl methyl sites for hydroxylation is 2. The number of hydrogen-bond donors (Lipinski definition) is 2. The van der Waals surface area contributed by atoms with Gasteiger partial charge in [-0.1, -0.05) is 19.9 Å². The van der Waals surface area contributed by atoms with Crippen LogP contribution in [0.3, 0.4) is 0 Å². The van der Waals surface area contributed by atoms with Crippen LogP contribution < -0.4 is 15.5 Å². The SMILES string of the molecule is Cc1ccc(C(=O)NC(=S)Nc2ccc(N3CCN(C(=O)C(C)C)CC3)cc2)cc1C. The predicted molar refractivity (Wildman–Crippen MR) is 130 cm³/mol. The summed E-state index contributed by atoms with van der Waals surface area (Å²) in [7, 11) is 0. The first-order valence-corrected chi connectivity index (χ1v) is 11.0. The van der Waals surface area contributed by atoms with Crippen molar-refractivity contribution in [2.24, 2.45) is 5.92 Å². The van der Waals surface area contributed by atoms with Crippen molar-refractivity contribution in [2.75, 3.05) is 36.4 Å². The quantitative estimate of drug-likeness (QED) is 0.712. The molecule has 0 radical (unpaired) electrons. The molecule has 7 heteroatoms. The number of carbonyl (C=O) groups excluding carboxylic acids is 2. The van der Waals surface area contributed by atoms with Crippen LogP contribution in [0.4, 0.5) is 11.4 Å². The lowest BCUT2D eigenvalue weighted by Crippen LogP contribution is -2.49. The number of nitrogens with zero attached hydrogens (tertiary/aromatic N) is 2. The smallest absolute Gasteiger partial charge is 0.257 e. The number of carbonyl (C=O) groups is 2. The number of nitrogens with one attached hydrogen (secondary N) is 2. The molecule has 0 spiro atoms. The lowest BCUT2D eigenvalue weighted by molar-refractivity contribution is -0.134. The van der Waals surface area contributed by atoms with Crippen LogP contribution in [-0.2, 0) is 4.79 Å². The Bertz CT molecular complexity index is 964. The topological polar surface area (TPSA) is 64.7 Å². The molecule has 1 heterocycles. The van der Waals surface area contributed by atoms with Crippen molar-refractivity contribution in [1.82, 2.24) is 10.2 Å².